The molecule has 0 N–H and O–H groups in total. The zero-order chi connectivity index (χ0) is 30.7. The van der Waals surface area contributed by atoms with Crippen molar-refractivity contribution < 1.29 is 44.3 Å². The highest BCUT2D eigenvalue weighted by Gasteiger charge is 2.36. The summed E-state index contributed by atoms with van der Waals surface area (Å²) >= 11 is 0. The maximum Gasteiger partial charge on any atom is 0.416 e. The summed E-state index contributed by atoms with van der Waals surface area (Å²) in [7, 11) is -5.77. The van der Waals surface area contributed by atoms with Crippen molar-refractivity contribution in [3.05, 3.63) is 78.4 Å². The van der Waals surface area contributed by atoms with Crippen LogP contribution in [-0.2, 0) is 31.0 Å². The summed E-state index contributed by atoms with van der Waals surface area (Å²) in [5.41, 5.74) is -1.47. The molecule has 0 atom stereocenters. The Labute approximate surface area is 242 Å². The molecule has 1 heterocycles. The van der Waals surface area contributed by atoms with Gasteiger partial charge in [-0.25, -0.2) is 16.8 Å². The second-order valence-corrected chi connectivity index (χ2v) is 13.0. The van der Waals surface area contributed by atoms with E-state index in [-0.39, 0.29) is 53.2 Å². The number of halogens is 3. The van der Waals surface area contributed by atoms with Crippen molar-refractivity contribution >= 4 is 31.6 Å². The van der Waals surface area contributed by atoms with Crippen LogP contribution in [0.25, 0.3) is 0 Å². The largest absolute Gasteiger partial charge is 0.493 e. The summed E-state index contributed by atoms with van der Waals surface area (Å²) in [6.07, 6.45) is -4.76. The Morgan fingerprint density at radius 2 is 1.45 bits per heavy atom. The number of rotatable bonds is 9. The number of carbonyl (C=O) groups excluding carboxylic acids is 1. The molecule has 4 rings (SSSR count). The number of methoxy groups -OCH3 is 2. The minimum atomic E-state index is -4.76. The van der Waals surface area contributed by atoms with Crippen molar-refractivity contribution in [2.24, 2.45) is 0 Å². The van der Waals surface area contributed by atoms with Crippen molar-refractivity contribution in [2.75, 3.05) is 51.2 Å². The third-order valence-electron chi connectivity index (χ3n) is 6.66. The van der Waals surface area contributed by atoms with E-state index >= 15 is 0 Å². The number of piperazine rings is 1. The number of anilines is 1. The molecule has 1 amide bonds. The minimum Gasteiger partial charge on any atom is -0.493 e. The second-order valence-electron chi connectivity index (χ2n) is 9.17. The molecule has 42 heavy (non-hydrogen) atoms. The molecule has 3 aromatic carbocycles. The molecular weight excluding hydrogens is 599 g/mol. The van der Waals surface area contributed by atoms with Gasteiger partial charge in [0.15, 0.2) is 11.5 Å². The summed E-state index contributed by atoms with van der Waals surface area (Å²) in [4.78, 5) is 14.4. The Kier molecular flexibility index (Phi) is 9.03. The van der Waals surface area contributed by atoms with Gasteiger partial charge in [0.2, 0.25) is 15.9 Å². The second kappa shape index (κ2) is 12.2. The molecule has 0 unspecified atom stereocenters. The Morgan fingerprint density at radius 1 is 0.810 bits per heavy atom. The van der Waals surface area contributed by atoms with Crippen molar-refractivity contribution in [1.29, 1.82) is 0 Å². The lowest BCUT2D eigenvalue weighted by atomic mass is 10.2. The standard InChI is InChI=1S/C27H28F3N3O7S2/c1-39-24-12-11-23(18-25(24)40-2)42(37,38)33(21-8-6-7-20(17-21)27(28,29)30)19-26(34)31-13-15-32(16-14-31)41(35,36)22-9-4-3-5-10-22/h3-12,17-18H,13-16,19H2,1-2H3. The van der Waals surface area contributed by atoms with E-state index in [1.165, 1.54) is 47.7 Å². The number of hydrogen-bond acceptors (Lipinski definition) is 7. The van der Waals surface area contributed by atoms with Crippen LogP contribution in [0, 0.1) is 0 Å². The van der Waals surface area contributed by atoms with E-state index in [9.17, 15) is 34.8 Å². The summed E-state index contributed by atoms with van der Waals surface area (Å²) in [5.74, 6) is -0.431. The molecule has 0 aliphatic carbocycles. The van der Waals surface area contributed by atoms with Gasteiger partial charge >= 0.3 is 6.18 Å². The normalized spacial score (nSPS) is 14.8. The molecule has 0 aromatic heterocycles. The van der Waals surface area contributed by atoms with E-state index in [1.54, 1.807) is 18.2 Å². The van der Waals surface area contributed by atoms with Crippen LogP contribution in [0.4, 0.5) is 18.9 Å². The zero-order valence-electron chi connectivity index (χ0n) is 22.6. The number of amides is 1. The highest BCUT2D eigenvalue weighted by Crippen LogP contribution is 2.35. The first-order valence-electron chi connectivity index (χ1n) is 12.5. The van der Waals surface area contributed by atoms with Gasteiger partial charge < -0.3 is 14.4 Å². The van der Waals surface area contributed by atoms with Crippen molar-refractivity contribution in [2.45, 2.75) is 16.0 Å². The van der Waals surface area contributed by atoms with Crippen molar-refractivity contribution in [1.82, 2.24) is 9.21 Å². The SMILES string of the molecule is COc1ccc(S(=O)(=O)N(CC(=O)N2CCN(S(=O)(=O)c3ccccc3)CC2)c2cccc(C(F)(F)F)c2)cc1OC. The first kappa shape index (κ1) is 31.1. The zero-order valence-corrected chi connectivity index (χ0v) is 24.2. The molecule has 10 nitrogen and oxygen atoms in total. The van der Waals surface area contributed by atoms with Gasteiger partial charge in [-0.15, -0.1) is 0 Å². The maximum absolute atomic E-state index is 13.8. The van der Waals surface area contributed by atoms with Crippen LogP contribution in [0.1, 0.15) is 5.56 Å². The lowest BCUT2D eigenvalue weighted by molar-refractivity contribution is -0.137. The third-order valence-corrected chi connectivity index (χ3v) is 10.3. The molecule has 1 fully saturated rings. The molecular formula is C27H28F3N3O7S2. The Balaban J connectivity index is 1.63. The molecule has 0 bridgehead atoms. The quantitative estimate of drug-likeness (QED) is 0.357. The molecule has 226 valence electrons. The molecule has 0 saturated carbocycles. The summed E-state index contributed by atoms with van der Waals surface area (Å²) in [5, 5.41) is 0. The first-order chi connectivity index (χ1) is 19.8. The lowest BCUT2D eigenvalue weighted by Gasteiger charge is -2.35. The number of carbonyl (C=O) groups is 1. The van der Waals surface area contributed by atoms with Gasteiger partial charge in [0.1, 0.15) is 6.54 Å². The van der Waals surface area contributed by atoms with Crippen molar-refractivity contribution in [3.8, 4) is 11.5 Å². The maximum atomic E-state index is 13.8. The van der Waals surface area contributed by atoms with Crippen LogP contribution in [0.5, 0.6) is 11.5 Å². The van der Waals surface area contributed by atoms with E-state index in [4.69, 9.17) is 9.47 Å². The summed E-state index contributed by atoms with van der Waals surface area (Å²) in [6.45, 7) is -1.01. The predicted molar refractivity (Wildman–Crippen MR) is 147 cm³/mol. The fourth-order valence-electron chi connectivity index (χ4n) is 4.40. The van der Waals surface area contributed by atoms with Gasteiger partial charge in [0, 0.05) is 32.2 Å². The van der Waals surface area contributed by atoms with E-state index in [2.05, 4.69) is 0 Å². The van der Waals surface area contributed by atoms with Crippen LogP contribution < -0.4 is 13.8 Å². The smallest absolute Gasteiger partial charge is 0.416 e. The van der Waals surface area contributed by atoms with Crippen LogP contribution in [0.15, 0.2) is 82.6 Å². The molecule has 0 radical (unpaired) electrons. The first-order valence-corrected chi connectivity index (χ1v) is 15.4. The van der Waals surface area contributed by atoms with Gasteiger partial charge in [0.05, 0.1) is 35.3 Å². The number of nitrogens with zero attached hydrogens (tertiary/aromatic N) is 3. The van der Waals surface area contributed by atoms with E-state index in [1.807, 2.05) is 0 Å². The Morgan fingerprint density at radius 3 is 2.05 bits per heavy atom. The fourth-order valence-corrected chi connectivity index (χ4v) is 7.26. The Hall–Kier alpha value is -3.82. The topological polar surface area (TPSA) is 114 Å². The summed E-state index contributed by atoms with van der Waals surface area (Å²) < 4.78 is 106. The van der Waals surface area contributed by atoms with Crippen LogP contribution in [0.3, 0.4) is 0 Å². The number of ether oxygens (including phenoxy) is 2. The van der Waals surface area contributed by atoms with E-state index < -0.39 is 44.2 Å². The molecule has 15 heteroatoms. The number of benzene rings is 3. The van der Waals surface area contributed by atoms with Gasteiger partial charge in [-0.05, 0) is 42.5 Å². The average Bonchev–Trinajstić information content (AvgIpc) is 2.99. The molecule has 3 aromatic rings. The van der Waals surface area contributed by atoms with Gasteiger partial charge in [-0.2, -0.15) is 17.5 Å². The van der Waals surface area contributed by atoms with E-state index in [0.717, 1.165) is 24.3 Å². The molecule has 0 spiro atoms. The van der Waals surface area contributed by atoms with Crippen LogP contribution >= 0.6 is 0 Å². The van der Waals surface area contributed by atoms with E-state index in [0.29, 0.717) is 10.4 Å². The fraction of sp³-hybridized carbons (Fsp3) is 0.296. The van der Waals surface area contributed by atoms with Gasteiger partial charge in [-0.3, -0.25) is 9.10 Å². The molecule has 1 saturated heterocycles. The predicted octanol–water partition coefficient (Wildman–Crippen LogP) is 3.45. The lowest BCUT2D eigenvalue weighted by Crippen LogP contribution is -2.53. The van der Waals surface area contributed by atoms with Crippen molar-refractivity contribution in [3.63, 3.8) is 0 Å². The number of hydrogen-bond donors (Lipinski definition) is 0. The highest BCUT2D eigenvalue weighted by molar-refractivity contribution is 7.92. The number of alkyl halides is 3. The van der Waals surface area contributed by atoms with Gasteiger partial charge in [-0.1, -0.05) is 24.3 Å². The Bertz CT molecular complexity index is 1640. The average molecular weight is 628 g/mol. The minimum absolute atomic E-state index is 0.0439. The summed E-state index contributed by atoms with van der Waals surface area (Å²) in [6, 6.07) is 15.1. The molecule has 1 aliphatic rings. The highest BCUT2D eigenvalue weighted by atomic mass is 32.2. The third kappa shape index (κ3) is 6.47. The van der Waals surface area contributed by atoms with Crippen LogP contribution in [0.2, 0.25) is 0 Å². The number of sulfonamides is 2. The van der Waals surface area contributed by atoms with Crippen LogP contribution in [-0.4, -0.2) is 78.9 Å². The molecule has 1 aliphatic heterocycles. The monoisotopic (exact) mass is 627 g/mol. The van der Waals surface area contributed by atoms with Gasteiger partial charge in [0.25, 0.3) is 10.0 Å².